The molecular weight excluding hydrogens is 356 g/mol. The van der Waals surface area contributed by atoms with Gasteiger partial charge in [-0.2, -0.15) is 0 Å². The van der Waals surface area contributed by atoms with Crippen molar-refractivity contribution in [1.82, 2.24) is 20.1 Å². The highest BCUT2D eigenvalue weighted by Crippen LogP contribution is 2.16. The summed E-state index contributed by atoms with van der Waals surface area (Å²) < 4.78 is 5.51. The molecule has 1 atom stereocenters. The second-order valence-electron chi connectivity index (χ2n) is 7.36. The molecule has 7 nitrogen and oxygen atoms in total. The first-order chi connectivity index (χ1) is 13.7. The molecule has 0 saturated carbocycles. The van der Waals surface area contributed by atoms with Crippen LogP contribution in [0.5, 0.6) is 0 Å². The van der Waals surface area contributed by atoms with Gasteiger partial charge in [0.1, 0.15) is 6.10 Å². The lowest BCUT2D eigenvalue weighted by Crippen LogP contribution is -2.44. The van der Waals surface area contributed by atoms with Gasteiger partial charge in [-0.1, -0.05) is 18.2 Å². The number of hydrogen-bond acceptors (Lipinski definition) is 4. The van der Waals surface area contributed by atoms with E-state index in [4.69, 9.17) is 4.74 Å². The number of nitrogens with one attached hydrogen (secondary N) is 1. The second-order valence-corrected chi connectivity index (χ2v) is 7.36. The molecule has 7 heteroatoms. The molecule has 0 bridgehead atoms. The first kappa shape index (κ1) is 18.7. The van der Waals surface area contributed by atoms with E-state index in [1.807, 2.05) is 35.2 Å². The van der Waals surface area contributed by atoms with Crippen molar-refractivity contribution in [3.05, 3.63) is 42.1 Å². The van der Waals surface area contributed by atoms with E-state index in [9.17, 15) is 9.59 Å². The summed E-state index contributed by atoms with van der Waals surface area (Å²) in [5.41, 5.74) is 1.91. The number of amides is 3. The number of para-hydroxylation sites is 1. The number of rotatable bonds is 3. The molecule has 4 rings (SSSR count). The van der Waals surface area contributed by atoms with Gasteiger partial charge in [-0.25, -0.2) is 4.79 Å². The Balaban J connectivity index is 1.30. The third-order valence-electron chi connectivity index (χ3n) is 5.39. The number of urea groups is 1. The number of ether oxygens (including phenoxy) is 1. The Labute approximate surface area is 164 Å². The molecule has 3 heterocycles. The number of carbonyl (C=O) groups is 2. The molecule has 0 aliphatic carbocycles. The molecule has 3 amide bonds. The number of aromatic nitrogens is 1. The highest BCUT2D eigenvalue weighted by Gasteiger charge is 2.30. The number of carbonyl (C=O) groups excluding carboxylic acids is 2. The Bertz CT molecular complexity index is 850. The van der Waals surface area contributed by atoms with Crippen LogP contribution in [-0.2, 0) is 16.1 Å². The van der Waals surface area contributed by atoms with Gasteiger partial charge in [0.05, 0.1) is 5.52 Å². The summed E-state index contributed by atoms with van der Waals surface area (Å²) in [6.45, 7) is 3.53. The Morgan fingerprint density at radius 3 is 2.79 bits per heavy atom. The minimum atomic E-state index is -0.291. The summed E-state index contributed by atoms with van der Waals surface area (Å²) in [6, 6.07) is 9.88. The molecule has 0 spiro atoms. The number of fused-ring (bicyclic) bond motifs is 1. The van der Waals surface area contributed by atoms with E-state index in [0.29, 0.717) is 39.3 Å². The van der Waals surface area contributed by atoms with Gasteiger partial charge in [-0.15, -0.1) is 0 Å². The van der Waals surface area contributed by atoms with Gasteiger partial charge in [-0.05, 0) is 37.0 Å². The summed E-state index contributed by atoms with van der Waals surface area (Å²) in [5, 5.41) is 4.04. The first-order valence-electron chi connectivity index (χ1n) is 9.97. The molecule has 148 valence electrons. The Morgan fingerprint density at radius 2 is 1.93 bits per heavy atom. The number of nitrogens with zero attached hydrogens (tertiary/aromatic N) is 3. The van der Waals surface area contributed by atoms with Crippen molar-refractivity contribution in [2.75, 3.05) is 32.8 Å². The lowest BCUT2D eigenvalue weighted by Gasteiger charge is -2.24. The second kappa shape index (κ2) is 8.56. The van der Waals surface area contributed by atoms with Gasteiger partial charge < -0.3 is 19.9 Å². The van der Waals surface area contributed by atoms with E-state index < -0.39 is 0 Å². The van der Waals surface area contributed by atoms with Crippen LogP contribution in [0.4, 0.5) is 4.79 Å². The summed E-state index contributed by atoms with van der Waals surface area (Å²) in [4.78, 5) is 33.2. The van der Waals surface area contributed by atoms with Crippen molar-refractivity contribution >= 4 is 22.8 Å². The van der Waals surface area contributed by atoms with E-state index in [0.717, 1.165) is 35.7 Å². The van der Waals surface area contributed by atoms with E-state index in [2.05, 4.69) is 10.3 Å². The predicted molar refractivity (Wildman–Crippen MR) is 106 cm³/mol. The van der Waals surface area contributed by atoms with Crippen molar-refractivity contribution in [2.24, 2.45) is 0 Å². The van der Waals surface area contributed by atoms with Crippen molar-refractivity contribution in [2.45, 2.75) is 31.9 Å². The third-order valence-corrected chi connectivity index (χ3v) is 5.39. The van der Waals surface area contributed by atoms with Gasteiger partial charge in [0.15, 0.2) is 0 Å². The standard InChI is InChI=1S/C21H26N4O3/c26-20(19-7-3-12-28-19)24-8-4-9-25(11-10-24)21(27)23-15-16-13-17-5-1-2-6-18(17)22-14-16/h1-2,5-6,13-14,19H,3-4,7-12,15H2,(H,23,27)/t19-/m1/s1. The van der Waals surface area contributed by atoms with E-state index in [-0.39, 0.29) is 18.0 Å². The maximum Gasteiger partial charge on any atom is 0.317 e. The molecule has 2 aromatic rings. The monoisotopic (exact) mass is 382 g/mol. The van der Waals surface area contributed by atoms with Gasteiger partial charge in [0.2, 0.25) is 0 Å². The summed E-state index contributed by atoms with van der Waals surface area (Å²) in [6.07, 6.45) is 4.04. The molecule has 2 aliphatic rings. The fourth-order valence-corrected chi connectivity index (χ4v) is 3.82. The lowest BCUT2D eigenvalue weighted by atomic mass is 10.1. The fourth-order valence-electron chi connectivity index (χ4n) is 3.82. The molecule has 2 fully saturated rings. The fraction of sp³-hybridized carbons (Fsp3) is 0.476. The van der Waals surface area contributed by atoms with Crippen LogP contribution in [0.15, 0.2) is 36.5 Å². The van der Waals surface area contributed by atoms with E-state index >= 15 is 0 Å². The van der Waals surface area contributed by atoms with Crippen molar-refractivity contribution in [3.63, 3.8) is 0 Å². The van der Waals surface area contributed by atoms with Crippen molar-refractivity contribution < 1.29 is 14.3 Å². The van der Waals surface area contributed by atoms with Crippen molar-refractivity contribution in [3.8, 4) is 0 Å². The predicted octanol–water partition coefficient (Wildman–Crippen LogP) is 2.16. The number of benzene rings is 1. The topological polar surface area (TPSA) is 74.8 Å². The molecule has 1 N–H and O–H groups in total. The number of pyridine rings is 1. The van der Waals surface area contributed by atoms with Crippen LogP contribution in [-0.4, -0.2) is 65.6 Å². The lowest BCUT2D eigenvalue weighted by molar-refractivity contribution is -0.140. The molecule has 2 saturated heterocycles. The average molecular weight is 382 g/mol. The van der Waals surface area contributed by atoms with Crippen LogP contribution >= 0.6 is 0 Å². The molecule has 1 aromatic heterocycles. The summed E-state index contributed by atoms with van der Waals surface area (Å²) in [5.74, 6) is 0.0713. The zero-order valence-corrected chi connectivity index (χ0v) is 16.0. The number of hydrogen-bond donors (Lipinski definition) is 1. The highest BCUT2D eigenvalue weighted by atomic mass is 16.5. The SMILES string of the molecule is O=C(NCc1cnc2ccccc2c1)N1CCCN(C(=O)[C@H]2CCCO2)CC1. The van der Waals surface area contributed by atoms with Crippen LogP contribution < -0.4 is 5.32 Å². The molecular formula is C21H26N4O3. The maximum absolute atomic E-state index is 12.6. The first-order valence-corrected chi connectivity index (χ1v) is 9.97. The normalized spacial score (nSPS) is 20.2. The van der Waals surface area contributed by atoms with Gasteiger partial charge in [0.25, 0.3) is 5.91 Å². The highest BCUT2D eigenvalue weighted by molar-refractivity contribution is 5.81. The van der Waals surface area contributed by atoms with E-state index in [1.54, 1.807) is 11.1 Å². The molecule has 0 radical (unpaired) electrons. The smallest absolute Gasteiger partial charge is 0.317 e. The van der Waals surface area contributed by atoms with Gasteiger partial charge in [0, 0.05) is 50.9 Å². The molecule has 0 unspecified atom stereocenters. The van der Waals surface area contributed by atoms with Gasteiger partial charge in [-0.3, -0.25) is 9.78 Å². The Morgan fingerprint density at radius 1 is 1.11 bits per heavy atom. The molecule has 2 aliphatic heterocycles. The van der Waals surface area contributed by atoms with Gasteiger partial charge >= 0.3 is 6.03 Å². The Hall–Kier alpha value is -2.67. The zero-order chi connectivity index (χ0) is 19.3. The quantitative estimate of drug-likeness (QED) is 0.883. The average Bonchev–Trinajstić information content (AvgIpc) is 3.16. The largest absolute Gasteiger partial charge is 0.368 e. The zero-order valence-electron chi connectivity index (χ0n) is 16.0. The van der Waals surface area contributed by atoms with Crippen LogP contribution in [0.25, 0.3) is 10.9 Å². The van der Waals surface area contributed by atoms with E-state index in [1.165, 1.54) is 0 Å². The Kier molecular flexibility index (Phi) is 5.71. The minimum Gasteiger partial charge on any atom is -0.368 e. The summed E-state index contributed by atoms with van der Waals surface area (Å²) >= 11 is 0. The summed E-state index contributed by atoms with van der Waals surface area (Å²) in [7, 11) is 0. The van der Waals surface area contributed by atoms with Crippen LogP contribution in [0.3, 0.4) is 0 Å². The van der Waals surface area contributed by atoms with Crippen LogP contribution in [0.1, 0.15) is 24.8 Å². The third kappa shape index (κ3) is 4.25. The minimum absolute atomic E-state index is 0.0713. The molecule has 1 aromatic carbocycles. The molecule has 28 heavy (non-hydrogen) atoms. The van der Waals surface area contributed by atoms with Crippen LogP contribution in [0.2, 0.25) is 0 Å². The van der Waals surface area contributed by atoms with Crippen molar-refractivity contribution in [1.29, 1.82) is 0 Å². The van der Waals surface area contributed by atoms with Crippen LogP contribution in [0, 0.1) is 0 Å². The maximum atomic E-state index is 12.6.